The summed E-state index contributed by atoms with van der Waals surface area (Å²) in [5.41, 5.74) is 4.80. The van der Waals surface area contributed by atoms with Crippen LogP contribution in [0.4, 0.5) is 0 Å². The zero-order chi connectivity index (χ0) is 13.1. The second-order valence-electron chi connectivity index (χ2n) is 4.30. The molecular weight excluding hydrogens is 236 g/mol. The monoisotopic (exact) mass is 250 g/mol. The van der Waals surface area contributed by atoms with Gasteiger partial charge in [0, 0.05) is 24.0 Å². The van der Waals surface area contributed by atoms with Crippen LogP contribution < -0.4 is 11.3 Å². The maximum atomic E-state index is 5.72. The predicted molar refractivity (Wildman–Crippen MR) is 75.1 cm³/mol. The maximum Gasteiger partial charge on any atom is 0.0887 e. The van der Waals surface area contributed by atoms with Crippen molar-refractivity contribution in [2.24, 2.45) is 5.84 Å². The molecule has 3 N–H and O–H groups in total. The predicted octanol–water partition coefficient (Wildman–Crippen LogP) is 2.18. The molecule has 0 aliphatic rings. The van der Waals surface area contributed by atoms with Crippen LogP contribution in [-0.4, -0.2) is 9.97 Å². The number of nitrogens with one attached hydrogen (secondary N) is 1. The van der Waals surface area contributed by atoms with E-state index in [9.17, 15) is 0 Å². The fraction of sp³-hybridized carbons (Fsp3) is 0.0667. The topological polar surface area (TPSA) is 63.8 Å². The van der Waals surface area contributed by atoms with Gasteiger partial charge in [0.15, 0.2) is 0 Å². The fourth-order valence-electron chi connectivity index (χ4n) is 2.27. The lowest BCUT2D eigenvalue weighted by Crippen LogP contribution is -2.29. The summed E-state index contributed by atoms with van der Waals surface area (Å²) in [6, 6.07) is 13.8. The SMILES string of the molecule is NNC(c1ccccn1)c1cccc2ccncc12. The molecule has 94 valence electrons. The molecule has 0 saturated heterocycles. The summed E-state index contributed by atoms with van der Waals surface area (Å²) < 4.78 is 0. The largest absolute Gasteiger partial charge is 0.271 e. The van der Waals surface area contributed by atoms with Crippen LogP contribution in [0.1, 0.15) is 17.3 Å². The molecule has 0 fully saturated rings. The number of nitrogens with two attached hydrogens (primary N) is 1. The number of hydrogen-bond acceptors (Lipinski definition) is 4. The zero-order valence-electron chi connectivity index (χ0n) is 10.3. The summed E-state index contributed by atoms with van der Waals surface area (Å²) in [5.74, 6) is 5.72. The lowest BCUT2D eigenvalue weighted by atomic mass is 9.98. The third-order valence-corrected chi connectivity index (χ3v) is 3.18. The third kappa shape index (κ3) is 2.19. The highest BCUT2D eigenvalue weighted by Gasteiger charge is 2.15. The van der Waals surface area contributed by atoms with Crippen molar-refractivity contribution in [3.05, 3.63) is 72.3 Å². The lowest BCUT2D eigenvalue weighted by molar-refractivity contribution is 0.624. The maximum absolute atomic E-state index is 5.72. The summed E-state index contributed by atoms with van der Waals surface area (Å²) in [6.07, 6.45) is 5.42. The Morgan fingerprint density at radius 2 is 1.95 bits per heavy atom. The molecule has 0 aliphatic heterocycles. The van der Waals surface area contributed by atoms with Gasteiger partial charge < -0.3 is 0 Å². The second kappa shape index (κ2) is 5.14. The van der Waals surface area contributed by atoms with E-state index >= 15 is 0 Å². The Balaban J connectivity index is 2.17. The molecule has 4 heteroatoms. The lowest BCUT2D eigenvalue weighted by Gasteiger charge is -2.17. The first-order valence-corrected chi connectivity index (χ1v) is 6.10. The average Bonchev–Trinajstić information content (AvgIpc) is 2.49. The van der Waals surface area contributed by atoms with Gasteiger partial charge in [-0.05, 0) is 29.1 Å². The van der Waals surface area contributed by atoms with E-state index in [4.69, 9.17) is 5.84 Å². The highest BCUT2D eigenvalue weighted by molar-refractivity contribution is 5.85. The van der Waals surface area contributed by atoms with Crippen molar-refractivity contribution >= 4 is 10.8 Å². The van der Waals surface area contributed by atoms with Crippen LogP contribution in [0.5, 0.6) is 0 Å². The molecule has 0 saturated carbocycles. The second-order valence-corrected chi connectivity index (χ2v) is 4.30. The molecule has 2 heterocycles. The molecule has 0 bridgehead atoms. The Bertz CT molecular complexity index is 677. The Kier molecular flexibility index (Phi) is 3.18. The molecule has 0 spiro atoms. The van der Waals surface area contributed by atoms with Gasteiger partial charge in [0.05, 0.1) is 11.7 Å². The summed E-state index contributed by atoms with van der Waals surface area (Å²) in [5, 5.41) is 2.22. The van der Waals surface area contributed by atoms with Crippen LogP contribution >= 0.6 is 0 Å². The van der Waals surface area contributed by atoms with Crippen LogP contribution in [0.3, 0.4) is 0 Å². The van der Waals surface area contributed by atoms with Crippen LogP contribution in [-0.2, 0) is 0 Å². The molecule has 1 atom stereocenters. The average molecular weight is 250 g/mol. The van der Waals surface area contributed by atoms with Gasteiger partial charge in [-0.15, -0.1) is 0 Å². The van der Waals surface area contributed by atoms with Crippen molar-refractivity contribution in [2.75, 3.05) is 0 Å². The molecule has 3 rings (SSSR count). The number of fused-ring (bicyclic) bond motifs is 1. The number of benzene rings is 1. The Morgan fingerprint density at radius 3 is 2.74 bits per heavy atom. The minimum absolute atomic E-state index is 0.144. The highest BCUT2D eigenvalue weighted by atomic mass is 15.2. The number of pyridine rings is 2. The first kappa shape index (κ1) is 11.8. The van der Waals surface area contributed by atoms with Crippen molar-refractivity contribution in [3.8, 4) is 0 Å². The van der Waals surface area contributed by atoms with Crippen molar-refractivity contribution in [3.63, 3.8) is 0 Å². The van der Waals surface area contributed by atoms with Crippen LogP contribution in [0.15, 0.2) is 61.1 Å². The molecule has 0 amide bonds. The van der Waals surface area contributed by atoms with E-state index in [1.165, 1.54) is 0 Å². The molecule has 1 aromatic carbocycles. The van der Waals surface area contributed by atoms with E-state index in [1.54, 1.807) is 12.4 Å². The fourth-order valence-corrected chi connectivity index (χ4v) is 2.27. The first-order valence-electron chi connectivity index (χ1n) is 6.10. The number of aromatic nitrogens is 2. The van der Waals surface area contributed by atoms with Crippen molar-refractivity contribution < 1.29 is 0 Å². The van der Waals surface area contributed by atoms with E-state index in [1.807, 2.05) is 42.6 Å². The summed E-state index contributed by atoms with van der Waals surface area (Å²) >= 11 is 0. The molecule has 4 nitrogen and oxygen atoms in total. The number of hydrogen-bond donors (Lipinski definition) is 2. The zero-order valence-corrected chi connectivity index (χ0v) is 10.3. The summed E-state index contributed by atoms with van der Waals surface area (Å²) in [4.78, 5) is 8.57. The minimum Gasteiger partial charge on any atom is -0.271 e. The number of nitrogens with zero attached hydrogens (tertiary/aromatic N) is 2. The standard InChI is InChI=1S/C15H14N4/c16-19-15(14-6-1-2-8-18-14)12-5-3-4-11-7-9-17-10-13(11)12/h1-10,15,19H,16H2. The molecule has 1 unspecified atom stereocenters. The van der Waals surface area contributed by atoms with Crippen LogP contribution in [0.2, 0.25) is 0 Å². The summed E-state index contributed by atoms with van der Waals surface area (Å²) in [7, 11) is 0. The number of hydrazine groups is 1. The van der Waals surface area contributed by atoms with Crippen molar-refractivity contribution in [1.29, 1.82) is 0 Å². The quantitative estimate of drug-likeness (QED) is 0.552. The van der Waals surface area contributed by atoms with Gasteiger partial charge in [-0.1, -0.05) is 24.3 Å². The highest BCUT2D eigenvalue weighted by Crippen LogP contribution is 2.26. The number of rotatable bonds is 3. The van der Waals surface area contributed by atoms with Gasteiger partial charge in [-0.2, -0.15) is 0 Å². The van der Waals surface area contributed by atoms with E-state index in [-0.39, 0.29) is 6.04 Å². The smallest absolute Gasteiger partial charge is 0.0887 e. The van der Waals surface area contributed by atoms with Crippen LogP contribution in [0.25, 0.3) is 10.8 Å². The van der Waals surface area contributed by atoms with Gasteiger partial charge in [0.1, 0.15) is 0 Å². The van der Waals surface area contributed by atoms with Crippen LogP contribution in [0, 0.1) is 0 Å². The minimum atomic E-state index is -0.144. The van der Waals surface area contributed by atoms with E-state index in [2.05, 4.69) is 21.5 Å². The Labute approximate surface area is 111 Å². The molecule has 0 radical (unpaired) electrons. The Hall–Kier alpha value is -2.30. The van der Waals surface area contributed by atoms with Gasteiger partial charge in [0.2, 0.25) is 0 Å². The van der Waals surface area contributed by atoms with E-state index < -0.39 is 0 Å². The molecular formula is C15H14N4. The molecule has 0 aliphatic carbocycles. The van der Waals surface area contributed by atoms with Gasteiger partial charge in [0.25, 0.3) is 0 Å². The molecule has 19 heavy (non-hydrogen) atoms. The molecule has 2 aromatic heterocycles. The van der Waals surface area contributed by atoms with Crippen molar-refractivity contribution in [2.45, 2.75) is 6.04 Å². The van der Waals surface area contributed by atoms with E-state index in [0.29, 0.717) is 0 Å². The van der Waals surface area contributed by atoms with Crippen molar-refractivity contribution in [1.82, 2.24) is 15.4 Å². The first-order chi connectivity index (χ1) is 9.40. The van der Waals surface area contributed by atoms with Gasteiger partial charge >= 0.3 is 0 Å². The normalized spacial score (nSPS) is 12.5. The Morgan fingerprint density at radius 1 is 1.00 bits per heavy atom. The molecule has 3 aromatic rings. The summed E-state index contributed by atoms with van der Waals surface area (Å²) in [6.45, 7) is 0. The third-order valence-electron chi connectivity index (χ3n) is 3.18. The van der Waals surface area contributed by atoms with E-state index in [0.717, 1.165) is 22.0 Å². The van der Waals surface area contributed by atoms with Gasteiger partial charge in [-0.25, -0.2) is 5.43 Å². The van der Waals surface area contributed by atoms with Gasteiger partial charge in [-0.3, -0.25) is 15.8 Å².